The Morgan fingerprint density at radius 2 is 2.18 bits per heavy atom. The third-order valence-electron chi connectivity index (χ3n) is 4.17. The molecule has 2 N–H and O–H groups in total. The Kier molecular flexibility index (Phi) is 5.53. The first-order chi connectivity index (χ1) is 10.1. The van der Waals surface area contributed by atoms with Crippen LogP contribution in [-0.2, 0) is 4.79 Å². The first-order valence-electron chi connectivity index (χ1n) is 7.60. The van der Waals surface area contributed by atoms with Gasteiger partial charge >= 0.3 is 0 Å². The summed E-state index contributed by atoms with van der Waals surface area (Å²) in [6.45, 7) is 3.05. The molecule has 0 saturated carbocycles. The third-order valence-corrected chi connectivity index (χ3v) is 4.17. The van der Waals surface area contributed by atoms with Gasteiger partial charge in [0.15, 0.2) is 11.5 Å². The molecule has 2 aliphatic heterocycles. The molecular weight excluding hydrogens is 304 g/mol. The second-order valence-electron chi connectivity index (χ2n) is 5.87. The van der Waals surface area contributed by atoms with Crippen molar-refractivity contribution in [3.05, 3.63) is 23.8 Å². The quantitative estimate of drug-likeness (QED) is 0.923. The lowest BCUT2D eigenvalue weighted by Gasteiger charge is -2.25. The summed E-state index contributed by atoms with van der Waals surface area (Å²) in [5, 5.41) is 0. The van der Waals surface area contributed by atoms with Crippen LogP contribution in [-0.4, -0.2) is 30.2 Å². The molecule has 1 fully saturated rings. The van der Waals surface area contributed by atoms with Crippen molar-refractivity contribution in [2.45, 2.75) is 44.7 Å². The summed E-state index contributed by atoms with van der Waals surface area (Å²) in [6, 6.07) is 6.20. The van der Waals surface area contributed by atoms with Gasteiger partial charge in [0, 0.05) is 19.0 Å². The van der Waals surface area contributed by atoms with Crippen molar-refractivity contribution in [2.24, 2.45) is 5.73 Å². The van der Waals surface area contributed by atoms with Crippen LogP contribution >= 0.6 is 12.4 Å². The number of carbonyl (C=O) groups excluding carboxylic acids is 1. The van der Waals surface area contributed by atoms with E-state index in [4.69, 9.17) is 15.2 Å². The van der Waals surface area contributed by atoms with Crippen LogP contribution in [0, 0.1) is 0 Å². The van der Waals surface area contributed by atoms with Crippen molar-refractivity contribution < 1.29 is 14.3 Å². The Balaban J connectivity index is 0.00000176. The standard InChI is InChI=1S/C16H22N2O3.ClH/c1-11(17)4-7-16(19)18-8-2-3-13(18)12-5-6-14-15(9-12)21-10-20-14;/h5-6,9,11,13H,2-4,7-8,10,17H2,1H3;1H. The molecule has 0 radical (unpaired) electrons. The van der Waals surface area contributed by atoms with Crippen LogP contribution in [0.4, 0.5) is 0 Å². The van der Waals surface area contributed by atoms with E-state index in [0.717, 1.165) is 42.9 Å². The number of carbonyl (C=O) groups is 1. The van der Waals surface area contributed by atoms with Crippen LogP contribution in [0.2, 0.25) is 0 Å². The van der Waals surface area contributed by atoms with Gasteiger partial charge in [0.05, 0.1) is 6.04 Å². The van der Waals surface area contributed by atoms with E-state index in [1.54, 1.807) is 0 Å². The molecule has 5 nitrogen and oxygen atoms in total. The van der Waals surface area contributed by atoms with Crippen LogP contribution in [0.3, 0.4) is 0 Å². The van der Waals surface area contributed by atoms with E-state index in [1.165, 1.54) is 0 Å². The molecule has 1 saturated heterocycles. The number of hydrogen-bond donors (Lipinski definition) is 1. The van der Waals surface area contributed by atoms with Gasteiger partial charge in [0.1, 0.15) is 0 Å². The molecule has 2 heterocycles. The number of fused-ring (bicyclic) bond motifs is 1. The molecule has 2 aliphatic rings. The van der Waals surface area contributed by atoms with Gasteiger partial charge in [0.2, 0.25) is 12.7 Å². The zero-order valence-electron chi connectivity index (χ0n) is 12.8. The summed E-state index contributed by atoms with van der Waals surface area (Å²) in [7, 11) is 0. The maximum atomic E-state index is 12.4. The fourth-order valence-electron chi connectivity index (χ4n) is 3.03. The predicted octanol–water partition coefficient (Wildman–Crippen LogP) is 2.63. The van der Waals surface area contributed by atoms with Crippen LogP contribution in [0.15, 0.2) is 18.2 Å². The van der Waals surface area contributed by atoms with Gasteiger partial charge in [-0.3, -0.25) is 4.79 Å². The van der Waals surface area contributed by atoms with Gasteiger partial charge < -0.3 is 20.1 Å². The van der Waals surface area contributed by atoms with Gasteiger partial charge in [-0.25, -0.2) is 0 Å². The minimum absolute atomic E-state index is 0. The normalized spacial score (nSPS) is 20.6. The number of nitrogens with two attached hydrogens (primary N) is 1. The van der Waals surface area contributed by atoms with Crippen molar-refractivity contribution in [3.8, 4) is 11.5 Å². The molecule has 1 aromatic carbocycles. The van der Waals surface area contributed by atoms with E-state index >= 15 is 0 Å². The summed E-state index contributed by atoms with van der Waals surface area (Å²) in [5.41, 5.74) is 6.88. The van der Waals surface area contributed by atoms with E-state index in [1.807, 2.05) is 30.0 Å². The van der Waals surface area contributed by atoms with Gasteiger partial charge in [0.25, 0.3) is 0 Å². The largest absolute Gasteiger partial charge is 0.454 e. The summed E-state index contributed by atoms with van der Waals surface area (Å²) < 4.78 is 10.8. The van der Waals surface area contributed by atoms with Gasteiger partial charge in [-0.15, -0.1) is 12.4 Å². The lowest BCUT2D eigenvalue weighted by atomic mass is 10.0. The van der Waals surface area contributed by atoms with E-state index in [2.05, 4.69) is 0 Å². The van der Waals surface area contributed by atoms with Gasteiger partial charge in [-0.05, 0) is 43.9 Å². The molecule has 122 valence electrons. The van der Waals surface area contributed by atoms with Crippen molar-refractivity contribution in [1.29, 1.82) is 0 Å². The first kappa shape index (κ1) is 16.9. The molecule has 1 amide bonds. The Morgan fingerprint density at radius 1 is 1.41 bits per heavy atom. The Labute approximate surface area is 137 Å². The van der Waals surface area contributed by atoms with Crippen LogP contribution in [0.1, 0.15) is 44.2 Å². The maximum Gasteiger partial charge on any atom is 0.231 e. The highest BCUT2D eigenvalue weighted by Crippen LogP contribution is 2.39. The summed E-state index contributed by atoms with van der Waals surface area (Å²) in [5.74, 6) is 1.77. The minimum atomic E-state index is 0. The minimum Gasteiger partial charge on any atom is -0.454 e. The van der Waals surface area contributed by atoms with E-state index in [0.29, 0.717) is 6.42 Å². The van der Waals surface area contributed by atoms with Gasteiger partial charge in [-0.2, -0.15) is 0 Å². The Morgan fingerprint density at radius 3 is 2.95 bits per heavy atom. The summed E-state index contributed by atoms with van der Waals surface area (Å²) in [6.07, 6.45) is 3.31. The molecule has 3 rings (SSSR count). The second kappa shape index (κ2) is 7.20. The van der Waals surface area contributed by atoms with Gasteiger partial charge in [-0.1, -0.05) is 6.07 Å². The van der Waals surface area contributed by atoms with Crippen LogP contribution in [0.25, 0.3) is 0 Å². The molecule has 1 aromatic rings. The first-order valence-corrected chi connectivity index (χ1v) is 7.60. The maximum absolute atomic E-state index is 12.4. The smallest absolute Gasteiger partial charge is 0.231 e. The van der Waals surface area contributed by atoms with Crippen molar-refractivity contribution in [3.63, 3.8) is 0 Å². The number of hydrogen-bond acceptors (Lipinski definition) is 4. The van der Waals surface area contributed by atoms with Crippen molar-refractivity contribution in [2.75, 3.05) is 13.3 Å². The average molecular weight is 327 g/mol. The predicted molar refractivity (Wildman–Crippen MR) is 86.4 cm³/mol. The summed E-state index contributed by atoms with van der Waals surface area (Å²) in [4.78, 5) is 14.4. The summed E-state index contributed by atoms with van der Waals surface area (Å²) >= 11 is 0. The Hall–Kier alpha value is -1.46. The van der Waals surface area contributed by atoms with Crippen molar-refractivity contribution >= 4 is 18.3 Å². The molecule has 0 bridgehead atoms. The number of ether oxygens (including phenoxy) is 2. The van der Waals surface area contributed by atoms with Crippen LogP contribution in [0.5, 0.6) is 11.5 Å². The highest BCUT2D eigenvalue weighted by Gasteiger charge is 2.30. The Bertz CT molecular complexity index is 536. The molecule has 0 aliphatic carbocycles. The zero-order chi connectivity index (χ0) is 14.8. The monoisotopic (exact) mass is 326 g/mol. The number of halogens is 1. The molecule has 0 spiro atoms. The fourth-order valence-corrected chi connectivity index (χ4v) is 3.03. The third kappa shape index (κ3) is 3.47. The SMILES string of the molecule is CC(N)CCC(=O)N1CCCC1c1ccc2c(c1)OCO2.Cl. The lowest BCUT2D eigenvalue weighted by molar-refractivity contribution is -0.132. The van der Waals surface area contributed by atoms with E-state index in [9.17, 15) is 4.79 Å². The molecule has 2 unspecified atom stereocenters. The molecule has 22 heavy (non-hydrogen) atoms. The second-order valence-corrected chi connectivity index (χ2v) is 5.87. The fraction of sp³-hybridized carbons (Fsp3) is 0.562. The van der Waals surface area contributed by atoms with E-state index in [-0.39, 0.29) is 37.2 Å². The highest BCUT2D eigenvalue weighted by molar-refractivity contribution is 5.85. The molecular formula is C16H23ClN2O3. The average Bonchev–Trinajstić information content (AvgIpc) is 3.12. The molecule has 2 atom stereocenters. The topological polar surface area (TPSA) is 64.8 Å². The number of benzene rings is 1. The van der Waals surface area contributed by atoms with Crippen molar-refractivity contribution in [1.82, 2.24) is 4.90 Å². The number of nitrogens with zero attached hydrogens (tertiary/aromatic N) is 1. The lowest BCUT2D eigenvalue weighted by Crippen LogP contribution is -2.31. The highest BCUT2D eigenvalue weighted by atomic mass is 35.5. The molecule has 0 aromatic heterocycles. The number of likely N-dealkylation sites (tertiary alicyclic amines) is 1. The van der Waals surface area contributed by atoms with E-state index < -0.39 is 0 Å². The van der Waals surface area contributed by atoms with Crippen LogP contribution < -0.4 is 15.2 Å². The number of amides is 1. The number of rotatable bonds is 4. The zero-order valence-corrected chi connectivity index (χ0v) is 13.6. The molecule has 6 heteroatoms.